The number of carbonyl (C=O) groups is 1. The maximum Gasteiger partial charge on any atom is 0.264 e. The monoisotopic (exact) mass is 360 g/mol. The van der Waals surface area contributed by atoms with Crippen molar-refractivity contribution in [3.8, 4) is 5.75 Å². The Morgan fingerprint density at radius 2 is 1.96 bits per heavy atom. The minimum atomic E-state index is -0.0994. The topological polar surface area (TPSA) is 51.5 Å². The molecule has 5 nitrogen and oxygen atoms in total. The summed E-state index contributed by atoms with van der Waals surface area (Å²) in [7, 11) is 0. The third kappa shape index (κ3) is 3.12. The van der Waals surface area contributed by atoms with Crippen LogP contribution in [0.25, 0.3) is 10.8 Å². The van der Waals surface area contributed by atoms with Crippen molar-refractivity contribution in [1.82, 2.24) is 4.57 Å². The van der Waals surface area contributed by atoms with Gasteiger partial charge in [0.1, 0.15) is 5.75 Å². The van der Waals surface area contributed by atoms with Crippen LogP contribution in [0.4, 0.5) is 5.69 Å². The lowest BCUT2D eigenvalue weighted by Crippen LogP contribution is -2.33. The third-order valence-corrected chi connectivity index (χ3v) is 4.84. The van der Waals surface area contributed by atoms with E-state index in [0.717, 1.165) is 12.1 Å². The Kier molecular flexibility index (Phi) is 4.50. The molecule has 1 aliphatic heterocycles. The van der Waals surface area contributed by atoms with Gasteiger partial charge in [0.2, 0.25) is 0 Å². The Labute approximate surface area is 157 Å². The van der Waals surface area contributed by atoms with E-state index in [2.05, 4.69) is 6.58 Å². The van der Waals surface area contributed by atoms with E-state index in [4.69, 9.17) is 4.74 Å². The Hall–Kier alpha value is -3.34. The molecule has 0 N–H and O–H groups in total. The number of rotatable bonds is 5. The minimum Gasteiger partial charge on any atom is -0.483 e. The van der Waals surface area contributed by atoms with E-state index in [1.165, 1.54) is 5.56 Å². The lowest BCUT2D eigenvalue weighted by atomic mass is 10.1. The molecule has 4 rings (SSSR count). The van der Waals surface area contributed by atoms with Crippen LogP contribution in [0.1, 0.15) is 5.56 Å². The predicted octanol–water partition coefficient (Wildman–Crippen LogP) is 3.16. The number of ether oxygens (including phenoxy) is 1. The molecule has 3 aromatic rings. The van der Waals surface area contributed by atoms with Gasteiger partial charge in [-0.15, -0.1) is 6.58 Å². The van der Waals surface area contributed by atoms with Crippen molar-refractivity contribution >= 4 is 22.4 Å². The van der Waals surface area contributed by atoms with Gasteiger partial charge in [0, 0.05) is 30.4 Å². The van der Waals surface area contributed by atoms with Gasteiger partial charge in [-0.3, -0.25) is 9.59 Å². The second-order valence-corrected chi connectivity index (χ2v) is 6.49. The first-order valence-corrected chi connectivity index (χ1v) is 8.93. The Morgan fingerprint density at radius 3 is 2.81 bits per heavy atom. The van der Waals surface area contributed by atoms with E-state index in [1.807, 2.05) is 30.3 Å². The Balaban J connectivity index is 1.56. The molecule has 5 heteroatoms. The van der Waals surface area contributed by atoms with Gasteiger partial charge >= 0.3 is 0 Å². The zero-order chi connectivity index (χ0) is 18.8. The van der Waals surface area contributed by atoms with Gasteiger partial charge in [0.25, 0.3) is 11.5 Å². The summed E-state index contributed by atoms with van der Waals surface area (Å²) in [6.45, 7) is 4.73. The van der Waals surface area contributed by atoms with Crippen molar-refractivity contribution in [3.63, 3.8) is 0 Å². The summed E-state index contributed by atoms with van der Waals surface area (Å²) in [4.78, 5) is 26.9. The van der Waals surface area contributed by atoms with Crippen molar-refractivity contribution in [2.75, 3.05) is 18.1 Å². The number of aromatic nitrogens is 1. The highest BCUT2D eigenvalue weighted by Gasteiger charge is 2.24. The van der Waals surface area contributed by atoms with Crippen molar-refractivity contribution in [3.05, 3.63) is 83.3 Å². The van der Waals surface area contributed by atoms with E-state index < -0.39 is 0 Å². The summed E-state index contributed by atoms with van der Waals surface area (Å²) in [5, 5.41) is 1.27. The van der Waals surface area contributed by atoms with Crippen molar-refractivity contribution in [2.24, 2.45) is 0 Å². The maximum atomic E-state index is 12.6. The van der Waals surface area contributed by atoms with E-state index in [1.54, 1.807) is 39.9 Å². The molecule has 0 unspecified atom stereocenters. The van der Waals surface area contributed by atoms with Gasteiger partial charge in [0.05, 0.1) is 5.39 Å². The summed E-state index contributed by atoms with van der Waals surface area (Å²) in [6, 6.07) is 15.1. The summed E-state index contributed by atoms with van der Waals surface area (Å²) >= 11 is 0. The number of fused-ring (bicyclic) bond motifs is 2. The molecule has 0 atom stereocenters. The van der Waals surface area contributed by atoms with Crippen molar-refractivity contribution in [2.45, 2.75) is 13.0 Å². The lowest BCUT2D eigenvalue weighted by Gasteiger charge is -2.18. The molecule has 1 aliphatic rings. The smallest absolute Gasteiger partial charge is 0.264 e. The molecule has 2 heterocycles. The van der Waals surface area contributed by atoms with Gasteiger partial charge in [0.15, 0.2) is 6.61 Å². The van der Waals surface area contributed by atoms with Crippen molar-refractivity contribution in [1.29, 1.82) is 0 Å². The lowest BCUT2D eigenvalue weighted by molar-refractivity contribution is -0.120. The molecule has 0 aliphatic carbocycles. The average Bonchev–Trinajstić information content (AvgIpc) is 3.13. The quantitative estimate of drug-likeness (QED) is 0.657. The summed E-state index contributed by atoms with van der Waals surface area (Å²) in [5.74, 6) is 0.452. The zero-order valence-electron chi connectivity index (χ0n) is 14.9. The van der Waals surface area contributed by atoms with Crippen LogP contribution in [-0.2, 0) is 17.8 Å². The molecule has 2 aromatic carbocycles. The highest BCUT2D eigenvalue weighted by atomic mass is 16.5. The van der Waals surface area contributed by atoms with Crippen LogP contribution < -0.4 is 15.2 Å². The zero-order valence-corrected chi connectivity index (χ0v) is 14.9. The standard InChI is InChI=1S/C22H20N2O3/c1-2-12-23-13-11-17-18(22(23)26)7-5-9-20(17)27-15-21(25)24-14-10-16-6-3-4-8-19(16)24/h2-9,11,13H,1,10,12,14-15H2. The van der Waals surface area contributed by atoms with E-state index in [-0.39, 0.29) is 18.1 Å². The number of benzene rings is 2. The van der Waals surface area contributed by atoms with Gasteiger partial charge in [-0.1, -0.05) is 30.3 Å². The van der Waals surface area contributed by atoms with E-state index in [0.29, 0.717) is 29.6 Å². The van der Waals surface area contributed by atoms with Crippen LogP contribution in [0.5, 0.6) is 5.75 Å². The molecule has 0 spiro atoms. The highest BCUT2D eigenvalue weighted by molar-refractivity contribution is 5.97. The number of nitrogens with zero attached hydrogens (tertiary/aromatic N) is 2. The largest absolute Gasteiger partial charge is 0.483 e. The number of carbonyl (C=O) groups excluding carboxylic acids is 1. The Morgan fingerprint density at radius 1 is 1.11 bits per heavy atom. The van der Waals surface area contributed by atoms with Crippen LogP contribution in [0.3, 0.4) is 0 Å². The second kappa shape index (κ2) is 7.11. The number of hydrogen-bond acceptors (Lipinski definition) is 3. The van der Waals surface area contributed by atoms with Gasteiger partial charge < -0.3 is 14.2 Å². The molecule has 0 bridgehead atoms. The molecule has 1 amide bonds. The molecule has 0 fully saturated rings. The molecular weight excluding hydrogens is 340 g/mol. The minimum absolute atomic E-state index is 0.0663. The van der Waals surface area contributed by atoms with Crippen LogP contribution >= 0.6 is 0 Å². The van der Waals surface area contributed by atoms with E-state index >= 15 is 0 Å². The molecule has 0 saturated heterocycles. The number of amides is 1. The summed E-state index contributed by atoms with van der Waals surface area (Å²) < 4.78 is 7.39. The van der Waals surface area contributed by atoms with Crippen LogP contribution in [-0.4, -0.2) is 23.6 Å². The van der Waals surface area contributed by atoms with Crippen LogP contribution in [0.15, 0.2) is 72.2 Å². The van der Waals surface area contributed by atoms with Crippen LogP contribution in [0, 0.1) is 0 Å². The molecule has 27 heavy (non-hydrogen) atoms. The fourth-order valence-electron chi connectivity index (χ4n) is 3.51. The maximum absolute atomic E-state index is 12.6. The number of hydrogen-bond donors (Lipinski definition) is 0. The number of para-hydroxylation sites is 1. The molecule has 136 valence electrons. The van der Waals surface area contributed by atoms with Gasteiger partial charge in [-0.05, 0) is 36.2 Å². The summed E-state index contributed by atoms with van der Waals surface area (Å²) in [5.41, 5.74) is 2.03. The van der Waals surface area contributed by atoms with E-state index in [9.17, 15) is 9.59 Å². The number of pyridine rings is 1. The third-order valence-electron chi connectivity index (χ3n) is 4.84. The second-order valence-electron chi connectivity index (χ2n) is 6.49. The first-order chi connectivity index (χ1) is 13.2. The summed E-state index contributed by atoms with van der Waals surface area (Å²) in [6.07, 6.45) is 4.26. The normalized spacial score (nSPS) is 12.8. The molecule has 1 aromatic heterocycles. The fraction of sp³-hybridized carbons (Fsp3) is 0.182. The number of allylic oxidation sites excluding steroid dienone is 1. The van der Waals surface area contributed by atoms with Crippen LogP contribution in [0.2, 0.25) is 0 Å². The molecular formula is C22H20N2O3. The SMILES string of the molecule is C=CCn1ccc2c(OCC(=O)N3CCc4ccccc43)cccc2c1=O. The van der Waals surface area contributed by atoms with Gasteiger partial charge in [-0.25, -0.2) is 0 Å². The highest BCUT2D eigenvalue weighted by Crippen LogP contribution is 2.28. The fourth-order valence-corrected chi connectivity index (χ4v) is 3.51. The van der Waals surface area contributed by atoms with Gasteiger partial charge in [-0.2, -0.15) is 0 Å². The Bertz CT molecular complexity index is 1080. The molecule has 0 saturated carbocycles. The first kappa shape index (κ1) is 17.1. The first-order valence-electron chi connectivity index (χ1n) is 8.93. The molecule has 0 radical (unpaired) electrons. The predicted molar refractivity (Wildman–Crippen MR) is 106 cm³/mol. The van der Waals surface area contributed by atoms with Crippen molar-refractivity contribution < 1.29 is 9.53 Å². The number of anilines is 1. The average molecular weight is 360 g/mol.